The highest BCUT2D eigenvalue weighted by atomic mass is 16.6. The number of hydrogen-bond donors (Lipinski definition) is 1. The van der Waals surface area contributed by atoms with Crippen LogP contribution in [0.5, 0.6) is 5.75 Å². The van der Waals surface area contributed by atoms with Gasteiger partial charge in [0, 0.05) is 18.9 Å². The number of benzene rings is 1. The first-order valence-corrected chi connectivity index (χ1v) is 14.0. The number of esters is 2. The number of cyclic esters (lactones) is 1. The fraction of sp³-hybridized carbons (Fsp3) is 0.645. The number of carbonyl (C=O) groups excluding carboxylic acids is 3. The molecule has 1 N–H and O–H groups in total. The van der Waals surface area contributed by atoms with Crippen LogP contribution >= 0.6 is 0 Å². The summed E-state index contributed by atoms with van der Waals surface area (Å²) in [6.07, 6.45) is 4.91. The van der Waals surface area contributed by atoms with Crippen LogP contribution in [0.25, 0.3) is 0 Å². The van der Waals surface area contributed by atoms with Crippen LogP contribution < -0.4 is 0 Å². The average molecular weight is 543 g/mol. The van der Waals surface area contributed by atoms with Gasteiger partial charge in [0.25, 0.3) is 0 Å². The zero-order valence-electron chi connectivity index (χ0n) is 23.8. The number of ether oxygens (including phenoxy) is 4. The lowest BCUT2D eigenvalue weighted by atomic mass is 9.55. The number of methoxy groups -OCH3 is 1. The first-order valence-electron chi connectivity index (χ1n) is 14.0. The molecule has 8 heteroatoms. The van der Waals surface area contributed by atoms with Crippen LogP contribution in [0.2, 0.25) is 0 Å². The van der Waals surface area contributed by atoms with Crippen molar-refractivity contribution in [2.24, 2.45) is 29.1 Å². The maximum Gasteiger partial charge on any atom is 0.320 e. The van der Waals surface area contributed by atoms with Gasteiger partial charge >= 0.3 is 11.9 Å². The maximum atomic E-state index is 13.6. The molecule has 1 aromatic rings. The van der Waals surface area contributed by atoms with Crippen molar-refractivity contribution in [3.05, 3.63) is 42.0 Å². The van der Waals surface area contributed by atoms with Gasteiger partial charge in [-0.1, -0.05) is 58.9 Å². The number of rotatable bonds is 8. The molecule has 39 heavy (non-hydrogen) atoms. The monoisotopic (exact) mass is 542 g/mol. The second-order valence-corrected chi connectivity index (χ2v) is 12.2. The molecule has 2 aliphatic heterocycles. The molecular weight excluding hydrogens is 500 g/mol. The van der Waals surface area contributed by atoms with Gasteiger partial charge in [-0.25, -0.2) is 0 Å². The third-order valence-electron chi connectivity index (χ3n) is 8.88. The Labute approximate surface area is 231 Å². The minimum atomic E-state index is -1.17. The summed E-state index contributed by atoms with van der Waals surface area (Å²) in [5.41, 5.74) is -0.796. The van der Waals surface area contributed by atoms with Gasteiger partial charge in [-0.2, -0.15) is 0 Å². The van der Waals surface area contributed by atoms with Gasteiger partial charge in [0.05, 0.1) is 18.6 Å². The summed E-state index contributed by atoms with van der Waals surface area (Å²) in [5.74, 6) is -2.39. The van der Waals surface area contributed by atoms with Crippen molar-refractivity contribution in [3.8, 4) is 5.75 Å². The van der Waals surface area contributed by atoms with Crippen molar-refractivity contribution >= 4 is 17.7 Å². The molecule has 1 unspecified atom stereocenters. The van der Waals surface area contributed by atoms with Crippen molar-refractivity contribution in [2.45, 2.75) is 84.2 Å². The largest absolute Gasteiger partial charge is 0.508 e. The molecule has 8 atom stereocenters. The SMILES string of the molecule is CO[C@@H](CC[C@H](C)[C@H]1O[C@@]2(C=C[C@H]1C)[C@H](C(=O)OC1COC(=O)C1)C(=O)[C@H](C)CC2(C)C)c1cccc(O)c1. The Balaban J connectivity index is 1.57. The third-order valence-corrected chi connectivity index (χ3v) is 8.88. The Morgan fingerprint density at radius 3 is 2.59 bits per heavy atom. The molecule has 2 fully saturated rings. The zero-order valence-corrected chi connectivity index (χ0v) is 23.8. The lowest BCUT2D eigenvalue weighted by Crippen LogP contribution is -2.65. The molecule has 1 aromatic carbocycles. The predicted molar refractivity (Wildman–Crippen MR) is 144 cm³/mol. The summed E-state index contributed by atoms with van der Waals surface area (Å²) in [6, 6.07) is 7.09. The van der Waals surface area contributed by atoms with Crippen molar-refractivity contribution in [1.29, 1.82) is 0 Å². The molecule has 1 saturated carbocycles. The second-order valence-electron chi connectivity index (χ2n) is 12.2. The molecule has 1 spiro atoms. The van der Waals surface area contributed by atoms with E-state index in [9.17, 15) is 19.5 Å². The van der Waals surface area contributed by atoms with Gasteiger partial charge < -0.3 is 24.1 Å². The van der Waals surface area contributed by atoms with Crippen LogP contribution in [-0.4, -0.2) is 54.4 Å². The van der Waals surface area contributed by atoms with E-state index in [1.807, 2.05) is 32.9 Å². The van der Waals surface area contributed by atoms with E-state index < -0.39 is 35.0 Å². The molecule has 0 aromatic heterocycles. The second kappa shape index (κ2) is 11.4. The highest BCUT2D eigenvalue weighted by Crippen LogP contribution is 2.54. The van der Waals surface area contributed by atoms with E-state index in [4.69, 9.17) is 18.9 Å². The molecular formula is C31H42O8. The van der Waals surface area contributed by atoms with Crippen molar-refractivity contribution in [3.63, 3.8) is 0 Å². The molecule has 8 nitrogen and oxygen atoms in total. The Kier molecular flexibility index (Phi) is 8.57. The molecule has 2 heterocycles. The predicted octanol–water partition coefficient (Wildman–Crippen LogP) is 4.94. The van der Waals surface area contributed by atoms with Crippen molar-refractivity contribution < 1.29 is 38.4 Å². The normalized spacial score (nSPS) is 33.5. The van der Waals surface area contributed by atoms with Crippen LogP contribution in [0.4, 0.5) is 0 Å². The molecule has 214 valence electrons. The average Bonchev–Trinajstić information content (AvgIpc) is 3.28. The Morgan fingerprint density at radius 2 is 1.95 bits per heavy atom. The van der Waals surface area contributed by atoms with E-state index >= 15 is 0 Å². The lowest BCUT2D eigenvalue weighted by Gasteiger charge is -2.56. The quantitative estimate of drug-likeness (QED) is 0.280. The molecule has 1 saturated heterocycles. The number of ketones is 1. The summed E-state index contributed by atoms with van der Waals surface area (Å²) in [6.45, 7) is 10.2. The van der Waals surface area contributed by atoms with E-state index in [0.29, 0.717) is 12.8 Å². The van der Waals surface area contributed by atoms with E-state index in [1.165, 1.54) is 0 Å². The minimum Gasteiger partial charge on any atom is -0.508 e. The van der Waals surface area contributed by atoms with Crippen LogP contribution in [0, 0.1) is 29.1 Å². The summed E-state index contributed by atoms with van der Waals surface area (Å²) in [7, 11) is 1.66. The first kappa shape index (κ1) is 29.3. The van der Waals surface area contributed by atoms with Gasteiger partial charge in [-0.05, 0) is 48.3 Å². The lowest BCUT2D eigenvalue weighted by molar-refractivity contribution is -0.217. The molecule has 0 amide bonds. The highest BCUT2D eigenvalue weighted by molar-refractivity contribution is 6.03. The van der Waals surface area contributed by atoms with Crippen LogP contribution in [0.1, 0.15) is 72.0 Å². The molecule has 0 bridgehead atoms. The van der Waals surface area contributed by atoms with E-state index in [0.717, 1.165) is 12.0 Å². The van der Waals surface area contributed by atoms with Gasteiger partial charge in [0.1, 0.15) is 30.0 Å². The standard InChI is InChI=1S/C31H42O8/c1-18(10-11-24(36-6)21-8-7-9-22(32)14-21)28-19(2)12-13-31(39-28)26(27(34)20(3)16-30(31,4)5)29(35)38-23-15-25(33)37-17-23/h7-9,12-14,18-20,23-24,26,28,32H,10-11,15-17H2,1-6H3/t18-,19+,20+,23?,24-,26-,28+,31-/m0/s1. The molecule has 3 aliphatic rings. The van der Waals surface area contributed by atoms with E-state index in [2.05, 4.69) is 19.9 Å². The Morgan fingerprint density at radius 1 is 1.21 bits per heavy atom. The first-order chi connectivity index (χ1) is 18.4. The smallest absolute Gasteiger partial charge is 0.320 e. The number of phenols is 1. The summed E-state index contributed by atoms with van der Waals surface area (Å²) >= 11 is 0. The minimum absolute atomic E-state index is 0.00464. The van der Waals surface area contributed by atoms with E-state index in [1.54, 1.807) is 25.3 Å². The Bertz CT molecular complexity index is 1110. The summed E-state index contributed by atoms with van der Waals surface area (Å²) in [5, 5.41) is 9.90. The van der Waals surface area contributed by atoms with Crippen molar-refractivity contribution in [2.75, 3.05) is 13.7 Å². The van der Waals surface area contributed by atoms with Crippen molar-refractivity contribution in [1.82, 2.24) is 0 Å². The fourth-order valence-electron chi connectivity index (χ4n) is 6.69. The van der Waals surface area contributed by atoms with Crippen LogP contribution in [0.15, 0.2) is 36.4 Å². The van der Waals surface area contributed by atoms with Gasteiger partial charge in [0.2, 0.25) is 0 Å². The number of carbonyl (C=O) groups is 3. The van der Waals surface area contributed by atoms with Gasteiger partial charge in [-0.3, -0.25) is 14.4 Å². The maximum absolute atomic E-state index is 13.6. The molecule has 4 rings (SSSR count). The van der Waals surface area contributed by atoms with Crippen LogP contribution in [-0.2, 0) is 33.3 Å². The van der Waals surface area contributed by atoms with Crippen LogP contribution in [0.3, 0.4) is 0 Å². The Hall–Kier alpha value is -2.71. The number of hydrogen-bond acceptors (Lipinski definition) is 8. The molecule has 0 radical (unpaired) electrons. The number of Topliss-reactive ketones (excluding diaryl/α,β-unsaturated/α-hetero) is 1. The van der Waals surface area contributed by atoms with E-state index in [-0.39, 0.29) is 54.5 Å². The van der Waals surface area contributed by atoms with Gasteiger partial charge in [0.15, 0.2) is 5.78 Å². The zero-order chi connectivity index (χ0) is 28.5. The molecule has 1 aliphatic carbocycles. The third kappa shape index (κ3) is 5.78. The summed E-state index contributed by atoms with van der Waals surface area (Å²) < 4.78 is 23.3. The summed E-state index contributed by atoms with van der Waals surface area (Å²) in [4.78, 5) is 38.8. The fourth-order valence-corrected chi connectivity index (χ4v) is 6.69. The topological polar surface area (TPSA) is 108 Å². The number of aromatic hydroxyl groups is 1. The number of phenolic OH excluding ortho intramolecular Hbond substituents is 1. The van der Waals surface area contributed by atoms with Gasteiger partial charge in [-0.15, -0.1) is 0 Å². The highest BCUT2D eigenvalue weighted by Gasteiger charge is 2.63.